The van der Waals surface area contributed by atoms with Crippen LogP contribution in [0.1, 0.15) is 27.9 Å². The molecule has 4 nitrogen and oxygen atoms in total. The predicted molar refractivity (Wildman–Crippen MR) is 132 cm³/mol. The summed E-state index contributed by atoms with van der Waals surface area (Å²) in [6.45, 7) is 0.596. The molecule has 1 N–H and O–H groups in total. The number of hydrogen-bond donors (Lipinski definition) is 1. The van der Waals surface area contributed by atoms with Crippen molar-refractivity contribution in [3.8, 4) is 0 Å². The van der Waals surface area contributed by atoms with Crippen LogP contribution in [0.5, 0.6) is 0 Å². The quantitative estimate of drug-likeness (QED) is 0.371. The fourth-order valence-corrected chi connectivity index (χ4v) is 4.78. The third-order valence-corrected chi connectivity index (χ3v) is 6.70. The zero-order chi connectivity index (χ0) is 22.5. The average Bonchev–Trinajstić information content (AvgIpc) is 2.82. The van der Waals surface area contributed by atoms with Crippen LogP contribution >= 0.6 is 23.4 Å². The van der Waals surface area contributed by atoms with Crippen molar-refractivity contribution >= 4 is 46.9 Å². The molecule has 162 valence electrons. The molecule has 4 rings (SSSR count). The molecule has 6 heteroatoms. The highest BCUT2D eigenvalue weighted by atomic mass is 35.5. The molecule has 1 heterocycles. The van der Waals surface area contributed by atoms with Crippen molar-refractivity contribution in [1.29, 1.82) is 0 Å². The molecule has 0 saturated heterocycles. The Hall–Kier alpha value is -3.02. The smallest absolute Gasteiger partial charge is 0.264 e. The first-order chi connectivity index (χ1) is 15.5. The van der Waals surface area contributed by atoms with Crippen LogP contribution in [0, 0.1) is 0 Å². The first-order valence-electron chi connectivity index (χ1n) is 10.4. The van der Waals surface area contributed by atoms with E-state index in [2.05, 4.69) is 17.4 Å². The Morgan fingerprint density at radius 3 is 2.59 bits per heavy atom. The van der Waals surface area contributed by atoms with Gasteiger partial charge in [0.2, 0.25) is 0 Å². The number of anilines is 1. The number of halogens is 1. The number of nitrogens with one attached hydrogen (secondary N) is 1. The summed E-state index contributed by atoms with van der Waals surface area (Å²) < 4.78 is 0. The number of carbonyl (C=O) groups excluding carboxylic acids is 2. The molecular formula is C26H23ClN2O2S. The number of nitrogens with zero attached hydrogens (tertiary/aromatic N) is 1. The van der Waals surface area contributed by atoms with Crippen molar-refractivity contribution in [2.45, 2.75) is 17.7 Å². The third kappa shape index (κ3) is 5.06. The van der Waals surface area contributed by atoms with Crippen molar-refractivity contribution in [2.75, 3.05) is 18.5 Å². The van der Waals surface area contributed by atoms with Gasteiger partial charge in [-0.3, -0.25) is 9.59 Å². The molecule has 3 aromatic carbocycles. The second-order valence-electron chi connectivity index (χ2n) is 7.52. The summed E-state index contributed by atoms with van der Waals surface area (Å²) in [5, 5.41) is 3.57. The number of rotatable bonds is 6. The largest absolute Gasteiger partial charge is 0.352 e. The van der Waals surface area contributed by atoms with Gasteiger partial charge < -0.3 is 10.2 Å². The van der Waals surface area contributed by atoms with Gasteiger partial charge in [-0.1, -0.05) is 71.9 Å². The van der Waals surface area contributed by atoms with E-state index in [4.69, 9.17) is 11.6 Å². The van der Waals surface area contributed by atoms with E-state index in [0.717, 1.165) is 29.0 Å². The molecule has 1 aliphatic heterocycles. The van der Waals surface area contributed by atoms with Gasteiger partial charge in [0.25, 0.3) is 11.8 Å². The number of likely N-dealkylation sites (N-methyl/N-ethyl adjacent to an activating group) is 1. The Morgan fingerprint density at radius 2 is 1.81 bits per heavy atom. The third-order valence-electron chi connectivity index (χ3n) is 5.28. The van der Waals surface area contributed by atoms with Crippen LogP contribution in [0.3, 0.4) is 0 Å². The molecule has 0 aromatic heterocycles. The number of thioether (sulfide) groups is 1. The Balaban J connectivity index is 1.44. The zero-order valence-electron chi connectivity index (χ0n) is 17.7. The predicted octanol–water partition coefficient (Wildman–Crippen LogP) is 5.81. The van der Waals surface area contributed by atoms with E-state index in [9.17, 15) is 9.59 Å². The first-order valence-corrected chi connectivity index (χ1v) is 11.6. The minimum atomic E-state index is -0.135. The maximum Gasteiger partial charge on any atom is 0.264 e. The van der Waals surface area contributed by atoms with E-state index in [1.807, 2.05) is 48.5 Å². The average molecular weight is 463 g/mol. The van der Waals surface area contributed by atoms with E-state index >= 15 is 0 Å². The summed E-state index contributed by atoms with van der Waals surface area (Å²) in [5.41, 5.74) is 3.33. The lowest BCUT2D eigenvalue weighted by molar-refractivity contribution is -0.114. The maximum atomic E-state index is 12.9. The van der Waals surface area contributed by atoms with Crippen LogP contribution < -0.4 is 10.2 Å². The first kappa shape index (κ1) is 22.2. The van der Waals surface area contributed by atoms with Crippen LogP contribution in [0.25, 0.3) is 6.08 Å². The fraction of sp³-hybridized carbons (Fsp3) is 0.154. The Morgan fingerprint density at radius 1 is 1.06 bits per heavy atom. The van der Waals surface area contributed by atoms with Crippen molar-refractivity contribution < 1.29 is 9.59 Å². The number of carbonyl (C=O) groups is 2. The SMILES string of the molecule is CN1C(=O)/C(=C\c2ccccc2Cl)Sc2ccc(C(=O)NCCCc3ccccc3)cc21. The van der Waals surface area contributed by atoms with Crippen molar-refractivity contribution in [3.63, 3.8) is 0 Å². The molecule has 3 aromatic rings. The molecule has 0 bridgehead atoms. The van der Waals surface area contributed by atoms with Gasteiger partial charge in [-0.05, 0) is 54.3 Å². The van der Waals surface area contributed by atoms with Crippen molar-refractivity contribution in [3.05, 3.63) is 99.4 Å². The van der Waals surface area contributed by atoms with Crippen LogP contribution in [0.4, 0.5) is 5.69 Å². The lowest BCUT2D eigenvalue weighted by Gasteiger charge is -2.27. The molecule has 1 aliphatic rings. The van der Waals surface area contributed by atoms with Crippen molar-refractivity contribution in [1.82, 2.24) is 5.32 Å². The van der Waals surface area contributed by atoms with Gasteiger partial charge in [0.1, 0.15) is 0 Å². The lowest BCUT2D eigenvalue weighted by Crippen LogP contribution is -2.31. The molecule has 0 radical (unpaired) electrons. The van der Waals surface area contributed by atoms with Gasteiger partial charge in [0.05, 0.1) is 10.6 Å². The molecule has 0 fully saturated rings. The molecule has 0 unspecified atom stereocenters. The van der Waals surface area contributed by atoms with E-state index in [1.165, 1.54) is 17.3 Å². The van der Waals surface area contributed by atoms with Gasteiger partial charge >= 0.3 is 0 Å². The summed E-state index contributed by atoms with van der Waals surface area (Å²) >= 11 is 7.64. The van der Waals surface area contributed by atoms with E-state index < -0.39 is 0 Å². The number of aryl methyl sites for hydroxylation is 1. The summed E-state index contributed by atoms with van der Waals surface area (Å²) in [6.07, 6.45) is 3.59. The Labute approximate surface area is 197 Å². The standard InChI is InChI=1S/C26H23ClN2O2S/c1-29-22-16-20(25(30)28-15-7-10-18-8-3-2-4-9-18)13-14-23(22)32-24(26(29)31)17-19-11-5-6-12-21(19)27/h2-6,8-9,11-14,16-17H,7,10,15H2,1H3,(H,28,30)/b24-17+. The minimum Gasteiger partial charge on any atom is -0.352 e. The number of amides is 2. The van der Waals surface area contributed by atoms with Gasteiger partial charge in [-0.15, -0.1) is 0 Å². The zero-order valence-corrected chi connectivity index (χ0v) is 19.2. The monoisotopic (exact) mass is 462 g/mol. The summed E-state index contributed by atoms with van der Waals surface area (Å²) in [5.74, 6) is -0.257. The highest BCUT2D eigenvalue weighted by Gasteiger charge is 2.27. The van der Waals surface area contributed by atoms with Gasteiger partial charge in [-0.25, -0.2) is 0 Å². The summed E-state index contributed by atoms with van der Waals surface area (Å²) in [4.78, 5) is 28.6. The summed E-state index contributed by atoms with van der Waals surface area (Å²) in [6, 6.07) is 23.1. The minimum absolute atomic E-state index is 0.122. The van der Waals surface area contributed by atoms with E-state index in [-0.39, 0.29) is 11.8 Å². The number of fused-ring (bicyclic) bond motifs is 1. The Kier molecular flexibility index (Phi) is 6.98. The maximum absolute atomic E-state index is 12.9. The summed E-state index contributed by atoms with van der Waals surface area (Å²) in [7, 11) is 1.73. The number of hydrogen-bond acceptors (Lipinski definition) is 3. The topological polar surface area (TPSA) is 49.4 Å². The van der Waals surface area contributed by atoms with E-state index in [0.29, 0.717) is 22.0 Å². The van der Waals surface area contributed by atoms with Gasteiger partial charge in [0.15, 0.2) is 0 Å². The molecule has 0 atom stereocenters. The van der Waals surface area contributed by atoms with Crippen LogP contribution in [-0.4, -0.2) is 25.4 Å². The van der Waals surface area contributed by atoms with Crippen molar-refractivity contribution in [2.24, 2.45) is 0 Å². The van der Waals surface area contributed by atoms with E-state index in [1.54, 1.807) is 30.1 Å². The highest BCUT2D eigenvalue weighted by Crippen LogP contribution is 2.42. The van der Waals surface area contributed by atoms with Crippen LogP contribution in [0.15, 0.2) is 82.6 Å². The second kappa shape index (κ2) is 10.1. The van der Waals surface area contributed by atoms with Crippen LogP contribution in [-0.2, 0) is 11.2 Å². The molecule has 0 aliphatic carbocycles. The van der Waals surface area contributed by atoms with Gasteiger partial charge in [-0.2, -0.15) is 0 Å². The van der Waals surface area contributed by atoms with Crippen LogP contribution in [0.2, 0.25) is 5.02 Å². The fourth-order valence-electron chi connectivity index (χ4n) is 3.51. The molecule has 0 saturated carbocycles. The van der Waals surface area contributed by atoms with Gasteiger partial charge in [0, 0.05) is 29.1 Å². The normalized spacial score (nSPS) is 14.4. The number of benzene rings is 3. The molecule has 0 spiro atoms. The lowest BCUT2D eigenvalue weighted by atomic mass is 10.1. The highest BCUT2D eigenvalue weighted by molar-refractivity contribution is 8.04. The molecule has 32 heavy (non-hydrogen) atoms. The second-order valence-corrected chi connectivity index (χ2v) is 9.01. The molecular weight excluding hydrogens is 440 g/mol. The molecule has 2 amide bonds. The Bertz CT molecular complexity index is 1180.